The predicted molar refractivity (Wildman–Crippen MR) is 115 cm³/mol. The number of hydrogen-bond acceptors (Lipinski definition) is 3. The summed E-state index contributed by atoms with van der Waals surface area (Å²) < 4.78 is 7.92. The number of benzene rings is 3. The highest BCUT2D eigenvalue weighted by molar-refractivity contribution is 9.10. The van der Waals surface area contributed by atoms with E-state index in [1.807, 2.05) is 66.7 Å². The van der Waals surface area contributed by atoms with Crippen molar-refractivity contribution >= 4 is 55.4 Å². The fraction of sp³-hybridized carbons (Fsp3) is 0.0500. The Hall–Kier alpha value is -1.82. The van der Waals surface area contributed by atoms with Gasteiger partial charge in [-0.25, -0.2) is 0 Å². The monoisotopic (exact) mass is 492 g/mol. The van der Waals surface area contributed by atoms with Crippen molar-refractivity contribution in [3.05, 3.63) is 91.8 Å². The highest BCUT2D eigenvalue weighted by Crippen LogP contribution is 2.24. The number of rotatable bonds is 6. The summed E-state index contributed by atoms with van der Waals surface area (Å²) in [5, 5.41) is 4.99. The molecule has 3 aromatic carbocycles. The zero-order valence-corrected chi connectivity index (χ0v) is 17.6. The molecule has 132 valence electrons. The van der Waals surface area contributed by atoms with Gasteiger partial charge in [-0.05, 0) is 48.5 Å². The minimum absolute atomic E-state index is 0.391. The van der Waals surface area contributed by atoms with Crippen molar-refractivity contribution < 1.29 is 4.74 Å². The van der Waals surface area contributed by atoms with E-state index in [2.05, 4.69) is 42.4 Å². The third kappa shape index (κ3) is 5.34. The molecular formula is C20H15Br2ClN2O. The Bertz CT molecular complexity index is 914. The van der Waals surface area contributed by atoms with E-state index in [0.717, 1.165) is 31.5 Å². The number of nitrogens with one attached hydrogen (secondary N) is 1. The molecule has 0 saturated heterocycles. The maximum Gasteiger partial charge on any atom is 0.128 e. The van der Waals surface area contributed by atoms with Gasteiger partial charge in [0.1, 0.15) is 12.4 Å². The first kappa shape index (κ1) is 19.0. The molecule has 3 aromatic rings. The van der Waals surface area contributed by atoms with Gasteiger partial charge in [0.25, 0.3) is 0 Å². The normalized spacial score (nSPS) is 10.9. The van der Waals surface area contributed by atoms with Crippen LogP contribution in [-0.4, -0.2) is 6.21 Å². The summed E-state index contributed by atoms with van der Waals surface area (Å²) in [7, 11) is 0. The molecule has 0 bridgehead atoms. The van der Waals surface area contributed by atoms with E-state index in [0.29, 0.717) is 11.6 Å². The first-order valence-electron chi connectivity index (χ1n) is 7.82. The van der Waals surface area contributed by atoms with Crippen LogP contribution in [0.1, 0.15) is 11.1 Å². The summed E-state index contributed by atoms with van der Waals surface area (Å²) in [6, 6.07) is 21.2. The van der Waals surface area contributed by atoms with Gasteiger partial charge in [-0.15, -0.1) is 0 Å². The molecule has 0 aliphatic rings. The Morgan fingerprint density at radius 3 is 2.46 bits per heavy atom. The van der Waals surface area contributed by atoms with Gasteiger partial charge in [-0.2, -0.15) is 5.10 Å². The Kier molecular flexibility index (Phi) is 6.72. The molecule has 0 fully saturated rings. The summed E-state index contributed by atoms with van der Waals surface area (Å²) in [6.45, 7) is 0.391. The minimum atomic E-state index is 0.391. The lowest BCUT2D eigenvalue weighted by molar-refractivity contribution is 0.306. The van der Waals surface area contributed by atoms with Crippen LogP contribution in [0.2, 0.25) is 5.02 Å². The van der Waals surface area contributed by atoms with Gasteiger partial charge < -0.3 is 4.74 Å². The van der Waals surface area contributed by atoms with Crippen molar-refractivity contribution in [1.82, 2.24) is 0 Å². The second-order valence-corrected chi connectivity index (χ2v) is 7.68. The van der Waals surface area contributed by atoms with Crippen LogP contribution in [0, 0.1) is 0 Å². The summed E-state index contributed by atoms with van der Waals surface area (Å²) in [6.07, 6.45) is 1.73. The molecule has 3 nitrogen and oxygen atoms in total. The van der Waals surface area contributed by atoms with Crippen molar-refractivity contribution in [2.45, 2.75) is 6.61 Å². The van der Waals surface area contributed by atoms with Gasteiger partial charge in [0.05, 0.1) is 11.9 Å². The van der Waals surface area contributed by atoms with E-state index in [1.54, 1.807) is 6.21 Å². The molecule has 0 spiro atoms. The Morgan fingerprint density at radius 1 is 0.962 bits per heavy atom. The molecule has 0 aliphatic carbocycles. The fourth-order valence-corrected chi connectivity index (χ4v) is 3.06. The molecule has 0 amide bonds. The molecule has 3 rings (SSSR count). The predicted octanol–water partition coefficient (Wildman–Crippen LogP) is 6.89. The first-order chi connectivity index (χ1) is 12.6. The summed E-state index contributed by atoms with van der Waals surface area (Å²) in [4.78, 5) is 0. The Morgan fingerprint density at radius 2 is 1.69 bits per heavy atom. The molecule has 6 heteroatoms. The standard InChI is InChI=1S/C20H15Br2ClN2O/c21-16-5-8-18(9-6-16)25-24-12-15-11-17(22)7-10-20(15)26-13-14-3-1-2-4-19(14)23/h1-12,25H,13H2/b24-12-. The lowest BCUT2D eigenvalue weighted by atomic mass is 10.2. The number of nitrogens with zero attached hydrogens (tertiary/aromatic N) is 1. The van der Waals surface area contributed by atoms with Crippen molar-refractivity contribution in [3.63, 3.8) is 0 Å². The average molecular weight is 495 g/mol. The highest BCUT2D eigenvalue weighted by atomic mass is 79.9. The van der Waals surface area contributed by atoms with Gasteiger partial charge in [0.15, 0.2) is 0 Å². The van der Waals surface area contributed by atoms with Crippen LogP contribution in [0.15, 0.2) is 80.8 Å². The number of anilines is 1. The maximum atomic E-state index is 6.19. The zero-order chi connectivity index (χ0) is 18.4. The molecule has 0 heterocycles. The SMILES string of the molecule is Clc1ccccc1COc1ccc(Br)cc1/C=N\Nc1ccc(Br)cc1. The minimum Gasteiger partial charge on any atom is -0.488 e. The molecular weight excluding hydrogens is 479 g/mol. The van der Waals surface area contributed by atoms with Gasteiger partial charge in [-0.1, -0.05) is 61.7 Å². The topological polar surface area (TPSA) is 33.6 Å². The van der Waals surface area contributed by atoms with Crippen LogP contribution in [0.4, 0.5) is 5.69 Å². The van der Waals surface area contributed by atoms with Crippen LogP contribution < -0.4 is 10.2 Å². The van der Waals surface area contributed by atoms with Crippen LogP contribution in [0.3, 0.4) is 0 Å². The van der Waals surface area contributed by atoms with Gasteiger partial charge in [0.2, 0.25) is 0 Å². The molecule has 0 unspecified atom stereocenters. The van der Waals surface area contributed by atoms with E-state index in [4.69, 9.17) is 16.3 Å². The smallest absolute Gasteiger partial charge is 0.128 e. The molecule has 1 N–H and O–H groups in total. The van der Waals surface area contributed by atoms with Crippen LogP contribution in [0.5, 0.6) is 5.75 Å². The second-order valence-electron chi connectivity index (χ2n) is 5.44. The summed E-state index contributed by atoms with van der Waals surface area (Å²) >= 11 is 13.1. The van der Waals surface area contributed by atoms with Gasteiger partial charge >= 0.3 is 0 Å². The third-order valence-corrected chi connectivity index (χ3v) is 4.94. The molecule has 0 radical (unpaired) electrons. The van der Waals surface area contributed by atoms with E-state index in [1.165, 1.54) is 0 Å². The van der Waals surface area contributed by atoms with Crippen molar-refractivity contribution in [2.75, 3.05) is 5.43 Å². The van der Waals surface area contributed by atoms with Crippen LogP contribution in [0.25, 0.3) is 0 Å². The molecule has 0 aliphatic heterocycles. The molecule has 0 saturated carbocycles. The molecule has 0 atom stereocenters. The number of hydrazone groups is 1. The molecule has 26 heavy (non-hydrogen) atoms. The zero-order valence-electron chi connectivity index (χ0n) is 13.6. The fourth-order valence-electron chi connectivity index (χ4n) is 2.22. The van der Waals surface area contributed by atoms with Crippen molar-refractivity contribution in [2.24, 2.45) is 5.10 Å². The quantitative estimate of drug-likeness (QED) is 0.299. The average Bonchev–Trinajstić information content (AvgIpc) is 2.64. The highest BCUT2D eigenvalue weighted by Gasteiger charge is 2.05. The van der Waals surface area contributed by atoms with Crippen molar-refractivity contribution in [3.8, 4) is 5.75 Å². The number of ether oxygens (including phenoxy) is 1. The maximum absolute atomic E-state index is 6.19. The van der Waals surface area contributed by atoms with E-state index in [9.17, 15) is 0 Å². The third-order valence-electron chi connectivity index (χ3n) is 3.55. The van der Waals surface area contributed by atoms with E-state index >= 15 is 0 Å². The largest absolute Gasteiger partial charge is 0.488 e. The number of halogens is 3. The van der Waals surface area contributed by atoms with Gasteiger partial charge in [0, 0.05) is 25.1 Å². The van der Waals surface area contributed by atoms with Crippen LogP contribution >= 0.6 is 43.5 Å². The molecule has 0 aromatic heterocycles. The van der Waals surface area contributed by atoms with Crippen molar-refractivity contribution in [1.29, 1.82) is 0 Å². The van der Waals surface area contributed by atoms with Crippen LogP contribution in [-0.2, 0) is 6.61 Å². The van der Waals surface area contributed by atoms with E-state index < -0.39 is 0 Å². The Labute approximate surface area is 174 Å². The number of hydrogen-bond donors (Lipinski definition) is 1. The lowest BCUT2D eigenvalue weighted by Gasteiger charge is -2.10. The Balaban J connectivity index is 1.72. The van der Waals surface area contributed by atoms with Gasteiger partial charge in [-0.3, -0.25) is 5.43 Å². The van der Waals surface area contributed by atoms with E-state index in [-0.39, 0.29) is 0 Å². The summed E-state index contributed by atoms with van der Waals surface area (Å²) in [5.74, 6) is 0.731. The summed E-state index contributed by atoms with van der Waals surface area (Å²) in [5.41, 5.74) is 5.70. The second kappa shape index (κ2) is 9.21. The lowest BCUT2D eigenvalue weighted by Crippen LogP contribution is -2.00. The first-order valence-corrected chi connectivity index (χ1v) is 9.78.